The Bertz CT molecular complexity index is 1130. The average Bonchev–Trinajstić information content (AvgIpc) is 3.27. The molecule has 2 aromatic heterocycles. The molecular weight excluding hydrogens is 480 g/mol. The Morgan fingerprint density at radius 3 is 2.71 bits per heavy atom. The molecule has 2 aromatic rings. The van der Waals surface area contributed by atoms with Gasteiger partial charge < -0.3 is 15.4 Å². The molecule has 0 radical (unpaired) electrons. The second-order valence-corrected chi connectivity index (χ2v) is 11.0. The monoisotopic (exact) mass is 508 g/mol. The minimum absolute atomic E-state index is 0.198. The van der Waals surface area contributed by atoms with Gasteiger partial charge in [-0.25, -0.2) is 23.1 Å². The standard InChI is InChI=1S/C22H29ClN6O4S/c1-34(31,32)29-16-3-2-15(8-16)22(30)28-20-9-17(18(23)11-26-20)19-12-24-13-21(27-19)25-10-14-4-6-33-7-5-14/h9,11-16,29H,2-8,10H2,1H3,(H,25,27)(H,26,28,30). The first-order valence-corrected chi connectivity index (χ1v) is 13.6. The van der Waals surface area contributed by atoms with E-state index in [0.717, 1.165) is 38.9 Å². The molecule has 1 aliphatic heterocycles. The minimum atomic E-state index is -3.30. The summed E-state index contributed by atoms with van der Waals surface area (Å²) in [5.74, 6) is 1.05. The summed E-state index contributed by atoms with van der Waals surface area (Å²) in [4.78, 5) is 25.9. The Morgan fingerprint density at radius 2 is 1.94 bits per heavy atom. The molecule has 1 saturated carbocycles. The number of ether oxygens (including phenoxy) is 1. The first-order valence-electron chi connectivity index (χ1n) is 11.3. The molecule has 1 aliphatic carbocycles. The van der Waals surface area contributed by atoms with Crippen LogP contribution in [0.15, 0.2) is 24.7 Å². The van der Waals surface area contributed by atoms with E-state index in [0.29, 0.717) is 53.1 Å². The summed E-state index contributed by atoms with van der Waals surface area (Å²) >= 11 is 6.38. The van der Waals surface area contributed by atoms with E-state index in [1.165, 1.54) is 6.20 Å². The van der Waals surface area contributed by atoms with Gasteiger partial charge in [0.2, 0.25) is 15.9 Å². The van der Waals surface area contributed by atoms with E-state index < -0.39 is 10.0 Å². The van der Waals surface area contributed by atoms with Crippen molar-refractivity contribution in [1.82, 2.24) is 19.7 Å². The fraction of sp³-hybridized carbons (Fsp3) is 0.545. The summed E-state index contributed by atoms with van der Waals surface area (Å²) in [5.41, 5.74) is 1.18. The SMILES string of the molecule is CS(=O)(=O)NC1CCC(C(=O)Nc2cc(-c3cncc(NCC4CCOCC4)n3)c(Cl)cn2)C1. The maximum Gasteiger partial charge on any atom is 0.228 e. The van der Waals surface area contributed by atoms with Crippen LogP contribution in [0.2, 0.25) is 5.02 Å². The van der Waals surface area contributed by atoms with Gasteiger partial charge in [0.1, 0.15) is 11.6 Å². The minimum Gasteiger partial charge on any atom is -0.381 e. The van der Waals surface area contributed by atoms with E-state index in [4.69, 9.17) is 16.3 Å². The van der Waals surface area contributed by atoms with Crippen molar-refractivity contribution in [3.63, 3.8) is 0 Å². The van der Waals surface area contributed by atoms with Crippen LogP contribution in [0.1, 0.15) is 32.1 Å². The smallest absolute Gasteiger partial charge is 0.228 e. The van der Waals surface area contributed by atoms with Crippen LogP contribution in [-0.2, 0) is 19.6 Å². The molecule has 2 unspecified atom stereocenters. The van der Waals surface area contributed by atoms with Crippen molar-refractivity contribution < 1.29 is 17.9 Å². The van der Waals surface area contributed by atoms with Crippen molar-refractivity contribution in [2.24, 2.45) is 11.8 Å². The van der Waals surface area contributed by atoms with Crippen LogP contribution >= 0.6 is 11.6 Å². The molecule has 2 atom stereocenters. The van der Waals surface area contributed by atoms with E-state index in [1.807, 2.05) is 0 Å². The number of hydrogen-bond donors (Lipinski definition) is 3. The van der Waals surface area contributed by atoms with Crippen molar-refractivity contribution >= 4 is 39.2 Å². The van der Waals surface area contributed by atoms with Crippen molar-refractivity contribution in [3.8, 4) is 11.3 Å². The molecule has 4 rings (SSSR count). The Kier molecular flexibility index (Phi) is 7.97. The first kappa shape index (κ1) is 24.8. The highest BCUT2D eigenvalue weighted by Gasteiger charge is 2.31. The molecule has 2 aliphatic rings. The third kappa shape index (κ3) is 6.84. The topological polar surface area (TPSA) is 135 Å². The van der Waals surface area contributed by atoms with Gasteiger partial charge in [0.25, 0.3) is 0 Å². The lowest BCUT2D eigenvalue weighted by molar-refractivity contribution is -0.119. The number of nitrogens with one attached hydrogen (secondary N) is 3. The highest BCUT2D eigenvalue weighted by molar-refractivity contribution is 7.88. The van der Waals surface area contributed by atoms with E-state index in [1.54, 1.807) is 18.5 Å². The summed E-state index contributed by atoms with van der Waals surface area (Å²) < 4.78 is 30.9. The predicted molar refractivity (Wildman–Crippen MR) is 130 cm³/mol. The van der Waals surface area contributed by atoms with Crippen LogP contribution in [0.5, 0.6) is 0 Å². The van der Waals surface area contributed by atoms with Crippen LogP contribution in [0, 0.1) is 11.8 Å². The summed E-state index contributed by atoms with van der Waals surface area (Å²) in [7, 11) is -3.30. The molecule has 10 nitrogen and oxygen atoms in total. The van der Waals surface area contributed by atoms with E-state index >= 15 is 0 Å². The maximum absolute atomic E-state index is 12.7. The Morgan fingerprint density at radius 1 is 1.15 bits per heavy atom. The van der Waals surface area contributed by atoms with Crippen molar-refractivity contribution in [3.05, 3.63) is 29.7 Å². The lowest BCUT2D eigenvalue weighted by Crippen LogP contribution is -2.32. The molecule has 0 spiro atoms. The molecule has 0 aromatic carbocycles. The summed E-state index contributed by atoms with van der Waals surface area (Å²) in [6, 6.07) is 1.44. The van der Waals surface area contributed by atoms with Gasteiger partial charge in [-0.1, -0.05) is 11.6 Å². The largest absolute Gasteiger partial charge is 0.381 e. The number of halogens is 1. The van der Waals surface area contributed by atoms with Gasteiger partial charge in [0, 0.05) is 43.5 Å². The molecule has 184 valence electrons. The van der Waals surface area contributed by atoms with Crippen LogP contribution in [-0.4, -0.2) is 61.3 Å². The highest BCUT2D eigenvalue weighted by atomic mass is 35.5. The van der Waals surface area contributed by atoms with Gasteiger partial charge in [0.05, 0.1) is 29.4 Å². The second-order valence-electron chi connectivity index (χ2n) is 8.86. The number of nitrogens with zero attached hydrogens (tertiary/aromatic N) is 3. The van der Waals surface area contributed by atoms with Crippen LogP contribution < -0.4 is 15.4 Å². The van der Waals surface area contributed by atoms with Gasteiger partial charge in [0.15, 0.2) is 0 Å². The van der Waals surface area contributed by atoms with Crippen molar-refractivity contribution in [1.29, 1.82) is 0 Å². The van der Waals surface area contributed by atoms with E-state index in [-0.39, 0.29) is 17.9 Å². The van der Waals surface area contributed by atoms with Gasteiger partial charge >= 0.3 is 0 Å². The molecular formula is C22H29ClN6O4S. The highest BCUT2D eigenvalue weighted by Crippen LogP contribution is 2.30. The molecule has 34 heavy (non-hydrogen) atoms. The van der Waals surface area contributed by atoms with E-state index in [2.05, 4.69) is 30.3 Å². The molecule has 1 saturated heterocycles. The Balaban J connectivity index is 1.40. The summed E-state index contributed by atoms with van der Waals surface area (Å²) in [6.07, 6.45) is 9.59. The Labute approximate surface area is 204 Å². The van der Waals surface area contributed by atoms with Gasteiger partial charge in [-0.3, -0.25) is 9.78 Å². The molecule has 3 heterocycles. The number of rotatable bonds is 8. The van der Waals surface area contributed by atoms with E-state index in [9.17, 15) is 13.2 Å². The molecule has 3 N–H and O–H groups in total. The third-order valence-corrected chi connectivity index (χ3v) is 7.18. The fourth-order valence-corrected chi connectivity index (χ4v) is 5.36. The number of pyridine rings is 1. The predicted octanol–water partition coefficient (Wildman–Crippen LogP) is 2.69. The molecule has 0 bridgehead atoms. The Hall–Kier alpha value is -2.34. The fourth-order valence-electron chi connectivity index (χ4n) is 4.34. The number of amides is 1. The van der Waals surface area contributed by atoms with Crippen LogP contribution in [0.4, 0.5) is 11.6 Å². The number of anilines is 2. The van der Waals surface area contributed by atoms with Gasteiger partial charge in [-0.2, -0.15) is 0 Å². The van der Waals surface area contributed by atoms with Crippen LogP contribution in [0.25, 0.3) is 11.3 Å². The number of carbonyl (C=O) groups is 1. The van der Waals surface area contributed by atoms with Gasteiger partial charge in [-0.15, -0.1) is 0 Å². The van der Waals surface area contributed by atoms with Gasteiger partial charge in [-0.05, 0) is 44.1 Å². The summed E-state index contributed by atoms with van der Waals surface area (Å²) in [5, 5.41) is 6.56. The summed E-state index contributed by atoms with van der Waals surface area (Å²) in [6.45, 7) is 2.37. The zero-order valence-corrected chi connectivity index (χ0v) is 20.5. The zero-order valence-electron chi connectivity index (χ0n) is 19.0. The maximum atomic E-state index is 12.7. The van der Waals surface area contributed by atoms with Crippen LogP contribution in [0.3, 0.4) is 0 Å². The second kappa shape index (κ2) is 10.9. The normalized spacial score (nSPS) is 21.4. The zero-order chi connectivity index (χ0) is 24.1. The number of sulfonamides is 1. The number of carbonyl (C=O) groups excluding carboxylic acids is 1. The molecule has 12 heteroatoms. The number of hydrogen-bond acceptors (Lipinski definition) is 8. The average molecular weight is 509 g/mol. The quantitative estimate of drug-likeness (QED) is 0.495. The lowest BCUT2D eigenvalue weighted by Gasteiger charge is -2.22. The lowest BCUT2D eigenvalue weighted by atomic mass is 10.0. The molecule has 2 fully saturated rings. The van der Waals surface area contributed by atoms with Crippen molar-refractivity contribution in [2.45, 2.75) is 38.1 Å². The first-order chi connectivity index (χ1) is 16.3. The molecule has 1 amide bonds. The third-order valence-electron chi connectivity index (χ3n) is 6.11. The number of aromatic nitrogens is 3. The van der Waals surface area contributed by atoms with Crippen molar-refractivity contribution in [2.75, 3.05) is 36.6 Å².